The summed E-state index contributed by atoms with van der Waals surface area (Å²) >= 11 is 0. The molecule has 0 unspecified atom stereocenters. The Morgan fingerprint density at radius 1 is 1.56 bits per heavy atom. The van der Waals surface area contributed by atoms with Gasteiger partial charge in [0.2, 0.25) is 5.95 Å². The van der Waals surface area contributed by atoms with E-state index in [9.17, 15) is 4.79 Å². The second-order valence-electron chi connectivity index (χ2n) is 3.09. The van der Waals surface area contributed by atoms with Crippen LogP contribution in [0, 0.1) is 0 Å². The van der Waals surface area contributed by atoms with Crippen molar-refractivity contribution in [2.24, 2.45) is 0 Å². The predicted molar refractivity (Wildman–Crippen MR) is 61.0 cm³/mol. The van der Waals surface area contributed by atoms with Crippen LogP contribution in [0.1, 0.15) is 13.8 Å². The highest BCUT2D eigenvalue weighted by Crippen LogP contribution is 2.10. The maximum atomic E-state index is 11.3. The molecule has 0 radical (unpaired) electrons. The second-order valence-corrected chi connectivity index (χ2v) is 3.09. The van der Waals surface area contributed by atoms with Gasteiger partial charge in [-0.3, -0.25) is 4.79 Å². The van der Waals surface area contributed by atoms with Crippen LogP contribution in [0.25, 0.3) is 0 Å². The van der Waals surface area contributed by atoms with Gasteiger partial charge >= 0.3 is 5.97 Å². The molecule has 0 fully saturated rings. The van der Waals surface area contributed by atoms with Crippen molar-refractivity contribution in [1.82, 2.24) is 9.97 Å². The first-order valence-electron chi connectivity index (χ1n) is 5.16. The summed E-state index contributed by atoms with van der Waals surface area (Å²) in [7, 11) is 0. The molecule has 0 aliphatic rings. The molecule has 1 aromatic rings. The van der Waals surface area contributed by atoms with E-state index < -0.39 is 0 Å². The molecule has 0 amide bonds. The number of esters is 1. The maximum absolute atomic E-state index is 11.3. The Labute approximate surface area is 94.4 Å². The Kier molecular flexibility index (Phi) is 4.50. The highest BCUT2D eigenvalue weighted by molar-refractivity contribution is 5.75. The Morgan fingerprint density at radius 2 is 2.31 bits per heavy atom. The third kappa shape index (κ3) is 3.38. The van der Waals surface area contributed by atoms with Gasteiger partial charge in [0.1, 0.15) is 12.4 Å². The zero-order valence-electron chi connectivity index (χ0n) is 9.51. The molecule has 0 spiro atoms. The van der Waals surface area contributed by atoms with Gasteiger partial charge in [0.05, 0.1) is 6.61 Å². The third-order valence-corrected chi connectivity index (χ3v) is 1.99. The van der Waals surface area contributed by atoms with Gasteiger partial charge in [0.15, 0.2) is 0 Å². The SMILES string of the molecule is CCOC(=O)CN(CC)c1ccnc(N)n1. The quantitative estimate of drug-likeness (QED) is 0.731. The number of likely N-dealkylation sites (N-methyl/N-ethyl adjacent to an activating group) is 1. The van der Waals surface area contributed by atoms with Crippen LogP contribution in [-0.4, -0.2) is 35.6 Å². The molecule has 88 valence electrons. The molecule has 16 heavy (non-hydrogen) atoms. The molecule has 0 aliphatic heterocycles. The average Bonchev–Trinajstić information content (AvgIpc) is 2.26. The van der Waals surface area contributed by atoms with E-state index in [2.05, 4.69) is 9.97 Å². The zero-order chi connectivity index (χ0) is 12.0. The van der Waals surface area contributed by atoms with Crippen molar-refractivity contribution in [2.45, 2.75) is 13.8 Å². The summed E-state index contributed by atoms with van der Waals surface area (Å²) in [5.74, 6) is 0.546. The fourth-order valence-electron chi connectivity index (χ4n) is 1.26. The van der Waals surface area contributed by atoms with Gasteiger partial charge in [-0.25, -0.2) is 4.98 Å². The molecule has 0 aromatic carbocycles. The van der Waals surface area contributed by atoms with Crippen molar-refractivity contribution in [2.75, 3.05) is 30.3 Å². The van der Waals surface area contributed by atoms with Gasteiger partial charge in [0.25, 0.3) is 0 Å². The standard InChI is InChI=1S/C10H16N4O2/c1-3-14(7-9(15)16-4-2)8-5-6-12-10(11)13-8/h5-6H,3-4,7H2,1-2H3,(H2,11,12,13). The Bertz CT molecular complexity index is 356. The summed E-state index contributed by atoms with van der Waals surface area (Å²) in [6.45, 7) is 4.90. The molecular weight excluding hydrogens is 208 g/mol. The van der Waals surface area contributed by atoms with E-state index in [1.54, 1.807) is 24.1 Å². The van der Waals surface area contributed by atoms with Crippen molar-refractivity contribution in [1.29, 1.82) is 0 Å². The third-order valence-electron chi connectivity index (χ3n) is 1.99. The predicted octanol–water partition coefficient (Wildman–Crippen LogP) is 0.448. The Balaban J connectivity index is 2.70. The van der Waals surface area contributed by atoms with E-state index in [0.717, 1.165) is 0 Å². The van der Waals surface area contributed by atoms with Crippen LogP contribution >= 0.6 is 0 Å². The van der Waals surface area contributed by atoms with Gasteiger partial charge < -0.3 is 15.4 Å². The van der Waals surface area contributed by atoms with Crippen molar-refractivity contribution in [3.05, 3.63) is 12.3 Å². The molecule has 0 aliphatic carbocycles. The Hall–Kier alpha value is -1.85. The summed E-state index contributed by atoms with van der Waals surface area (Å²) in [6.07, 6.45) is 1.56. The number of anilines is 2. The lowest BCUT2D eigenvalue weighted by Crippen LogP contribution is -2.31. The number of hydrogen-bond donors (Lipinski definition) is 1. The van der Waals surface area contributed by atoms with Crippen molar-refractivity contribution in [3.8, 4) is 0 Å². The number of hydrogen-bond acceptors (Lipinski definition) is 6. The number of nitrogen functional groups attached to an aromatic ring is 1. The van der Waals surface area contributed by atoms with Gasteiger partial charge in [-0.1, -0.05) is 0 Å². The lowest BCUT2D eigenvalue weighted by Gasteiger charge is -2.20. The Morgan fingerprint density at radius 3 is 2.88 bits per heavy atom. The van der Waals surface area contributed by atoms with E-state index >= 15 is 0 Å². The van der Waals surface area contributed by atoms with Gasteiger partial charge in [-0.05, 0) is 19.9 Å². The maximum Gasteiger partial charge on any atom is 0.325 e. The molecule has 6 nitrogen and oxygen atoms in total. The van der Waals surface area contributed by atoms with Crippen LogP contribution in [0.3, 0.4) is 0 Å². The summed E-state index contributed by atoms with van der Waals surface area (Å²) < 4.78 is 4.87. The second kappa shape index (κ2) is 5.89. The van der Waals surface area contributed by atoms with Crippen LogP contribution in [0.4, 0.5) is 11.8 Å². The lowest BCUT2D eigenvalue weighted by molar-refractivity contribution is -0.141. The van der Waals surface area contributed by atoms with E-state index in [1.807, 2.05) is 6.92 Å². The molecule has 1 rings (SSSR count). The number of nitrogens with zero attached hydrogens (tertiary/aromatic N) is 3. The summed E-state index contributed by atoms with van der Waals surface area (Å²) in [5.41, 5.74) is 5.48. The minimum atomic E-state index is -0.276. The molecule has 6 heteroatoms. The summed E-state index contributed by atoms with van der Waals surface area (Å²) in [6, 6.07) is 1.71. The van der Waals surface area contributed by atoms with E-state index in [1.165, 1.54) is 0 Å². The number of nitrogens with two attached hydrogens (primary N) is 1. The van der Waals surface area contributed by atoms with Crippen LogP contribution in [-0.2, 0) is 9.53 Å². The summed E-state index contributed by atoms with van der Waals surface area (Å²) in [4.78, 5) is 20.9. The number of ether oxygens (including phenoxy) is 1. The molecule has 2 N–H and O–H groups in total. The van der Waals surface area contributed by atoms with Crippen LogP contribution in [0.2, 0.25) is 0 Å². The molecule has 1 heterocycles. The smallest absolute Gasteiger partial charge is 0.325 e. The highest BCUT2D eigenvalue weighted by atomic mass is 16.5. The number of rotatable bonds is 5. The normalized spacial score (nSPS) is 9.88. The zero-order valence-corrected chi connectivity index (χ0v) is 9.51. The number of carbonyl (C=O) groups excluding carboxylic acids is 1. The first kappa shape index (κ1) is 12.2. The van der Waals surface area contributed by atoms with Crippen LogP contribution in [0.5, 0.6) is 0 Å². The number of carbonyl (C=O) groups is 1. The van der Waals surface area contributed by atoms with E-state index in [-0.39, 0.29) is 18.5 Å². The van der Waals surface area contributed by atoms with E-state index in [4.69, 9.17) is 10.5 Å². The lowest BCUT2D eigenvalue weighted by atomic mass is 10.4. The molecular formula is C10H16N4O2. The molecule has 0 atom stereocenters. The summed E-state index contributed by atoms with van der Waals surface area (Å²) in [5, 5.41) is 0. The fourth-order valence-corrected chi connectivity index (χ4v) is 1.26. The minimum Gasteiger partial charge on any atom is -0.465 e. The average molecular weight is 224 g/mol. The molecule has 0 bridgehead atoms. The largest absolute Gasteiger partial charge is 0.465 e. The first-order chi connectivity index (χ1) is 7.67. The van der Waals surface area contributed by atoms with Crippen LogP contribution in [0.15, 0.2) is 12.3 Å². The van der Waals surface area contributed by atoms with Crippen molar-refractivity contribution < 1.29 is 9.53 Å². The van der Waals surface area contributed by atoms with Crippen LogP contribution < -0.4 is 10.6 Å². The molecule has 1 aromatic heterocycles. The van der Waals surface area contributed by atoms with Gasteiger partial charge in [-0.2, -0.15) is 4.98 Å². The topological polar surface area (TPSA) is 81.3 Å². The first-order valence-corrected chi connectivity index (χ1v) is 5.16. The monoisotopic (exact) mass is 224 g/mol. The molecule has 0 saturated heterocycles. The highest BCUT2D eigenvalue weighted by Gasteiger charge is 2.11. The van der Waals surface area contributed by atoms with E-state index in [0.29, 0.717) is 19.0 Å². The fraction of sp³-hybridized carbons (Fsp3) is 0.500. The number of aromatic nitrogens is 2. The van der Waals surface area contributed by atoms with Gasteiger partial charge in [0, 0.05) is 12.7 Å². The minimum absolute atomic E-state index is 0.167. The van der Waals surface area contributed by atoms with Gasteiger partial charge in [-0.15, -0.1) is 0 Å². The van der Waals surface area contributed by atoms with Crippen molar-refractivity contribution >= 4 is 17.7 Å². The van der Waals surface area contributed by atoms with Crippen molar-refractivity contribution in [3.63, 3.8) is 0 Å². The molecule has 0 saturated carbocycles.